The first-order valence-corrected chi connectivity index (χ1v) is 6.35. The van der Waals surface area contributed by atoms with Crippen molar-refractivity contribution in [3.63, 3.8) is 0 Å². The molecule has 0 radical (unpaired) electrons. The van der Waals surface area contributed by atoms with Gasteiger partial charge in [0.25, 0.3) is 0 Å². The molecule has 3 rings (SSSR count). The summed E-state index contributed by atoms with van der Waals surface area (Å²) in [6.45, 7) is 2.79. The summed E-state index contributed by atoms with van der Waals surface area (Å²) in [4.78, 5) is 11.1. The lowest BCUT2D eigenvalue weighted by Gasteiger charge is -2.14. The fraction of sp³-hybridized carbons (Fsp3) is 0.400. The number of aryl methyl sites for hydroxylation is 3. The Kier molecular flexibility index (Phi) is 2.50. The average molecular weight is 227 g/mol. The van der Waals surface area contributed by atoms with Crippen LogP contribution in [0.1, 0.15) is 30.9 Å². The molecule has 1 aromatic heterocycles. The molecule has 0 fully saturated rings. The van der Waals surface area contributed by atoms with Crippen LogP contribution in [0.4, 0.5) is 0 Å². The molecule has 0 aliphatic carbocycles. The Morgan fingerprint density at radius 3 is 3.12 bits per heavy atom. The Balaban J connectivity index is 2.09. The van der Waals surface area contributed by atoms with E-state index in [1.807, 2.05) is 0 Å². The van der Waals surface area contributed by atoms with Crippen molar-refractivity contribution in [1.29, 1.82) is 0 Å². The molecule has 2 aromatic rings. The summed E-state index contributed by atoms with van der Waals surface area (Å²) in [7, 11) is 0. The summed E-state index contributed by atoms with van der Waals surface area (Å²) in [5, 5.41) is 1.35. The first-order valence-electron chi connectivity index (χ1n) is 6.35. The number of rotatable bonds is 3. The van der Waals surface area contributed by atoms with E-state index in [1.165, 1.54) is 34.9 Å². The lowest BCUT2D eigenvalue weighted by molar-refractivity contribution is -0.116. The van der Waals surface area contributed by atoms with E-state index in [1.54, 1.807) is 6.92 Å². The van der Waals surface area contributed by atoms with E-state index in [9.17, 15) is 4.79 Å². The number of para-hydroxylation sites is 1. The number of carbonyl (C=O) groups excluding carboxylic acids is 1. The lowest BCUT2D eigenvalue weighted by atomic mass is 10.0. The van der Waals surface area contributed by atoms with Crippen LogP contribution in [0.2, 0.25) is 0 Å². The van der Waals surface area contributed by atoms with E-state index >= 15 is 0 Å². The van der Waals surface area contributed by atoms with Gasteiger partial charge in [0.2, 0.25) is 0 Å². The van der Waals surface area contributed by atoms with E-state index in [-0.39, 0.29) is 5.78 Å². The Morgan fingerprint density at radius 1 is 1.41 bits per heavy atom. The number of carbonyl (C=O) groups is 1. The topological polar surface area (TPSA) is 22.0 Å². The number of hydrogen-bond acceptors (Lipinski definition) is 1. The maximum Gasteiger partial charge on any atom is 0.130 e. The highest BCUT2D eigenvalue weighted by atomic mass is 16.1. The second-order valence-electron chi connectivity index (χ2n) is 4.97. The standard InChI is InChI=1S/C15H17NO/c1-11(17)7-8-13-10-16-9-3-5-12-4-2-6-14(13)15(12)16/h2,4,6,10H,3,5,7-9H2,1H3. The van der Waals surface area contributed by atoms with Crippen molar-refractivity contribution in [2.24, 2.45) is 0 Å². The first-order chi connectivity index (χ1) is 8.25. The summed E-state index contributed by atoms with van der Waals surface area (Å²) in [5.41, 5.74) is 4.19. The van der Waals surface area contributed by atoms with E-state index in [2.05, 4.69) is 29.0 Å². The molecule has 0 saturated carbocycles. The van der Waals surface area contributed by atoms with Crippen molar-refractivity contribution in [3.05, 3.63) is 35.5 Å². The predicted molar refractivity (Wildman–Crippen MR) is 69.3 cm³/mol. The molecule has 0 unspecified atom stereocenters. The Hall–Kier alpha value is -1.57. The third-order valence-corrected chi connectivity index (χ3v) is 3.66. The molecule has 1 aliphatic rings. The van der Waals surface area contributed by atoms with E-state index in [0.29, 0.717) is 6.42 Å². The summed E-state index contributed by atoms with van der Waals surface area (Å²) in [5.74, 6) is 0.275. The summed E-state index contributed by atoms with van der Waals surface area (Å²) >= 11 is 0. The zero-order chi connectivity index (χ0) is 11.8. The fourth-order valence-corrected chi connectivity index (χ4v) is 2.84. The van der Waals surface area contributed by atoms with Crippen molar-refractivity contribution in [2.45, 2.75) is 39.2 Å². The lowest BCUT2D eigenvalue weighted by Crippen LogP contribution is -2.05. The van der Waals surface area contributed by atoms with Gasteiger partial charge >= 0.3 is 0 Å². The third-order valence-electron chi connectivity index (χ3n) is 3.66. The zero-order valence-electron chi connectivity index (χ0n) is 10.2. The molecule has 88 valence electrons. The molecule has 0 amide bonds. The van der Waals surface area contributed by atoms with E-state index < -0.39 is 0 Å². The van der Waals surface area contributed by atoms with Crippen molar-refractivity contribution in [3.8, 4) is 0 Å². The monoisotopic (exact) mass is 227 g/mol. The molecule has 0 spiro atoms. The van der Waals surface area contributed by atoms with Gasteiger partial charge in [-0.05, 0) is 37.3 Å². The Labute approximate surface area is 101 Å². The number of nitrogens with zero attached hydrogens (tertiary/aromatic N) is 1. The Morgan fingerprint density at radius 2 is 2.29 bits per heavy atom. The van der Waals surface area contributed by atoms with Gasteiger partial charge < -0.3 is 9.36 Å². The molecule has 0 saturated heterocycles. The largest absolute Gasteiger partial charge is 0.347 e. The van der Waals surface area contributed by atoms with Gasteiger partial charge in [-0.2, -0.15) is 0 Å². The zero-order valence-corrected chi connectivity index (χ0v) is 10.2. The molecular weight excluding hydrogens is 210 g/mol. The van der Waals surface area contributed by atoms with Crippen LogP contribution >= 0.6 is 0 Å². The van der Waals surface area contributed by atoms with E-state index in [4.69, 9.17) is 0 Å². The maximum atomic E-state index is 11.1. The SMILES string of the molecule is CC(=O)CCc1cn2c3c(cccc13)CCC2. The molecule has 2 heteroatoms. The minimum atomic E-state index is 0.275. The van der Waals surface area contributed by atoms with Gasteiger partial charge in [-0.3, -0.25) is 0 Å². The van der Waals surface area contributed by atoms with Crippen molar-refractivity contribution >= 4 is 16.7 Å². The van der Waals surface area contributed by atoms with Gasteiger partial charge in [0.15, 0.2) is 0 Å². The number of hydrogen-bond donors (Lipinski definition) is 0. The average Bonchev–Trinajstić information content (AvgIpc) is 2.68. The van der Waals surface area contributed by atoms with Gasteiger partial charge in [0, 0.05) is 24.5 Å². The molecule has 0 atom stereocenters. The van der Waals surface area contributed by atoms with Gasteiger partial charge in [-0.25, -0.2) is 0 Å². The van der Waals surface area contributed by atoms with Crippen LogP contribution in [0.5, 0.6) is 0 Å². The van der Waals surface area contributed by atoms with Gasteiger partial charge in [0.1, 0.15) is 5.78 Å². The van der Waals surface area contributed by atoms with Gasteiger partial charge in [-0.15, -0.1) is 0 Å². The van der Waals surface area contributed by atoms with Crippen LogP contribution in [0, 0.1) is 0 Å². The molecule has 17 heavy (non-hydrogen) atoms. The molecule has 0 bridgehead atoms. The van der Waals surface area contributed by atoms with Crippen molar-refractivity contribution < 1.29 is 4.79 Å². The second kappa shape index (κ2) is 4.02. The molecular formula is C15H17NO. The molecule has 0 N–H and O–H groups in total. The minimum Gasteiger partial charge on any atom is -0.347 e. The van der Waals surface area contributed by atoms with Crippen molar-refractivity contribution in [2.75, 3.05) is 0 Å². The van der Waals surface area contributed by atoms with Crippen molar-refractivity contribution in [1.82, 2.24) is 4.57 Å². The summed E-state index contributed by atoms with van der Waals surface area (Å²) in [6, 6.07) is 6.56. The normalized spacial score (nSPS) is 14.2. The van der Waals surface area contributed by atoms with Gasteiger partial charge in [-0.1, -0.05) is 18.2 Å². The number of ketones is 1. The molecule has 2 nitrogen and oxygen atoms in total. The number of Topliss-reactive ketones (excluding diaryl/α,β-unsaturated/α-hetero) is 1. The quantitative estimate of drug-likeness (QED) is 0.789. The van der Waals surface area contributed by atoms with Crippen LogP contribution in [0.25, 0.3) is 10.9 Å². The van der Waals surface area contributed by atoms with Crippen LogP contribution in [0.15, 0.2) is 24.4 Å². The third kappa shape index (κ3) is 1.78. The summed E-state index contributed by atoms with van der Waals surface area (Å²) in [6.07, 6.45) is 6.20. The molecule has 2 heterocycles. The molecule has 1 aliphatic heterocycles. The highest BCUT2D eigenvalue weighted by Gasteiger charge is 2.15. The van der Waals surface area contributed by atoms with Crippen LogP contribution in [0.3, 0.4) is 0 Å². The number of aromatic nitrogens is 1. The highest BCUT2D eigenvalue weighted by molar-refractivity contribution is 5.88. The maximum absolute atomic E-state index is 11.1. The number of benzene rings is 1. The van der Waals surface area contributed by atoms with Crippen LogP contribution in [-0.4, -0.2) is 10.4 Å². The van der Waals surface area contributed by atoms with Gasteiger partial charge in [0.05, 0.1) is 5.52 Å². The van der Waals surface area contributed by atoms with Crippen LogP contribution in [-0.2, 0) is 24.2 Å². The molecule has 1 aromatic carbocycles. The Bertz CT molecular complexity index is 580. The second-order valence-corrected chi connectivity index (χ2v) is 4.97. The first kappa shape index (κ1) is 10.6. The fourth-order valence-electron chi connectivity index (χ4n) is 2.84. The van der Waals surface area contributed by atoms with Crippen LogP contribution < -0.4 is 0 Å². The highest BCUT2D eigenvalue weighted by Crippen LogP contribution is 2.29. The van der Waals surface area contributed by atoms with E-state index in [0.717, 1.165) is 13.0 Å². The summed E-state index contributed by atoms with van der Waals surface area (Å²) < 4.78 is 2.36. The smallest absolute Gasteiger partial charge is 0.130 e. The predicted octanol–water partition coefficient (Wildman–Crippen LogP) is 3.11. The minimum absolute atomic E-state index is 0.275.